The molecule has 0 atom stereocenters. The lowest BCUT2D eigenvalue weighted by atomic mass is 10.1. The van der Waals surface area contributed by atoms with Crippen molar-refractivity contribution in [2.45, 2.75) is 29.3 Å². The molecule has 0 unspecified atom stereocenters. The Labute approximate surface area is 216 Å². The lowest BCUT2D eigenvalue weighted by molar-refractivity contribution is -0.384. The molecule has 0 saturated heterocycles. The van der Waals surface area contributed by atoms with Gasteiger partial charge in [0.1, 0.15) is 0 Å². The summed E-state index contributed by atoms with van der Waals surface area (Å²) in [7, 11) is 0. The number of nitro groups is 1. The van der Waals surface area contributed by atoms with Gasteiger partial charge >= 0.3 is 6.03 Å². The first-order valence-electron chi connectivity index (χ1n) is 11.0. The molecule has 2 amide bonds. The van der Waals surface area contributed by atoms with Crippen molar-refractivity contribution >= 4 is 40.9 Å². The summed E-state index contributed by atoms with van der Waals surface area (Å²) in [6.07, 6.45) is 1.99. The zero-order valence-electron chi connectivity index (χ0n) is 19.7. The second kappa shape index (κ2) is 11.7. The molecule has 0 aliphatic rings. The van der Waals surface area contributed by atoms with Gasteiger partial charge in [0, 0.05) is 34.2 Å². The summed E-state index contributed by atoms with van der Waals surface area (Å²) < 4.78 is 1.81. The van der Waals surface area contributed by atoms with Crippen LogP contribution in [0, 0.1) is 17.0 Å². The molecular weight excluding hydrogens is 496 g/mol. The Morgan fingerprint density at radius 3 is 2.42 bits per heavy atom. The van der Waals surface area contributed by atoms with Gasteiger partial charge in [0.25, 0.3) is 5.69 Å². The van der Waals surface area contributed by atoms with Crippen LogP contribution in [-0.4, -0.2) is 32.0 Å². The van der Waals surface area contributed by atoms with Gasteiger partial charge < -0.3 is 10.6 Å². The molecule has 0 bridgehead atoms. The molecule has 3 aromatic carbocycles. The third kappa shape index (κ3) is 6.23. The molecule has 0 aliphatic carbocycles. The van der Waals surface area contributed by atoms with Crippen LogP contribution in [0.4, 0.5) is 16.2 Å². The van der Waals surface area contributed by atoms with Crippen molar-refractivity contribution < 1.29 is 9.72 Å². The number of aromatic nitrogens is 3. The highest BCUT2D eigenvalue weighted by molar-refractivity contribution is 7.98. The SMILES string of the molecule is CSc1ccc(NC(=O)NCc2nnc(SCc3ccccc3C)n2-c2ccc([N+](=O)[O-])cc2)cc1. The summed E-state index contributed by atoms with van der Waals surface area (Å²) in [5, 5.41) is 26.0. The number of thioether (sulfide) groups is 2. The van der Waals surface area contributed by atoms with Crippen molar-refractivity contribution in [1.82, 2.24) is 20.1 Å². The number of rotatable bonds is 9. The molecule has 11 heteroatoms. The Bertz CT molecular complexity index is 1360. The zero-order chi connectivity index (χ0) is 25.5. The maximum atomic E-state index is 12.5. The topological polar surface area (TPSA) is 115 Å². The van der Waals surface area contributed by atoms with Crippen LogP contribution < -0.4 is 10.6 Å². The molecule has 4 rings (SSSR count). The Hall–Kier alpha value is -3.83. The molecule has 0 saturated carbocycles. The number of carbonyl (C=O) groups is 1. The summed E-state index contributed by atoms with van der Waals surface area (Å²) in [5.74, 6) is 1.18. The molecule has 0 fully saturated rings. The average molecular weight is 521 g/mol. The highest BCUT2D eigenvalue weighted by Crippen LogP contribution is 2.27. The molecule has 1 aromatic heterocycles. The molecule has 0 spiro atoms. The van der Waals surface area contributed by atoms with Crippen LogP contribution in [0.15, 0.2) is 82.8 Å². The van der Waals surface area contributed by atoms with Gasteiger partial charge in [-0.1, -0.05) is 36.0 Å². The smallest absolute Gasteiger partial charge is 0.319 e. The molecule has 0 radical (unpaired) electrons. The molecule has 4 aromatic rings. The number of carbonyl (C=O) groups excluding carboxylic acids is 1. The van der Waals surface area contributed by atoms with Crippen molar-refractivity contribution in [3.05, 3.63) is 99.9 Å². The van der Waals surface area contributed by atoms with Crippen LogP contribution >= 0.6 is 23.5 Å². The van der Waals surface area contributed by atoms with Crippen LogP contribution in [0.5, 0.6) is 0 Å². The normalized spacial score (nSPS) is 10.7. The van der Waals surface area contributed by atoms with Crippen molar-refractivity contribution in [2.75, 3.05) is 11.6 Å². The van der Waals surface area contributed by atoms with Gasteiger partial charge in [-0.3, -0.25) is 14.7 Å². The van der Waals surface area contributed by atoms with E-state index >= 15 is 0 Å². The van der Waals surface area contributed by atoms with Crippen molar-refractivity contribution in [3.8, 4) is 5.69 Å². The lowest BCUT2D eigenvalue weighted by Crippen LogP contribution is -2.29. The van der Waals surface area contributed by atoms with E-state index in [0.29, 0.717) is 28.1 Å². The number of benzene rings is 3. The maximum absolute atomic E-state index is 12.5. The Balaban J connectivity index is 1.53. The minimum Gasteiger partial charge on any atom is -0.331 e. The van der Waals surface area contributed by atoms with Gasteiger partial charge in [-0.15, -0.1) is 22.0 Å². The molecular formula is C25H24N6O3S2. The number of hydrogen-bond donors (Lipinski definition) is 2. The van der Waals surface area contributed by atoms with Crippen LogP contribution in [0.2, 0.25) is 0 Å². The molecule has 0 aliphatic heterocycles. The number of anilines is 1. The Morgan fingerprint density at radius 1 is 1.03 bits per heavy atom. The van der Waals surface area contributed by atoms with Gasteiger partial charge in [0.15, 0.2) is 11.0 Å². The minimum atomic E-state index is -0.442. The number of non-ortho nitro benzene ring substituents is 1. The van der Waals surface area contributed by atoms with Gasteiger partial charge in [0.05, 0.1) is 11.5 Å². The van der Waals surface area contributed by atoms with E-state index < -0.39 is 4.92 Å². The summed E-state index contributed by atoms with van der Waals surface area (Å²) in [6, 6.07) is 21.4. The summed E-state index contributed by atoms with van der Waals surface area (Å²) >= 11 is 3.13. The van der Waals surface area contributed by atoms with E-state index in [1.54, 1.807) is 28.5 Å². The molecule has 2 N–H and O–H groups in total. The predicted octanol–water partition coefficient (Wildman–Crippen LogP) is 5.82. The van der Waals surface area contributed by atoms with Crippen LogP contribution in [0.25, 0.3) is 5.69 Å². The molecule has 9 nitrogen and oxygen atoms in total. The third-order valence-corrected chi connectivity index (χ3v) is 7.11. The van der Waals surface area contributed by atoms with Crippen LogP contribution in [0.1, 0.15) is 17.0 Å². The fourth-order valence-corrected chi connectivity index (χ4v) is 4.87. The summed E-state index contributed by atoms with van der Waals surface area (Å²) in [4.78, 5) is 24.3. The summed E-state index contributed by atoms with van der Waals surface area (Å²) in [5.41, 5.74) is 3.69. The second-order valence-corrected chi connectivity index (χ2v) is 9.58. The zero-order valence-corrected chi connectivity index (χ0v) is 21.3. The number of hydrogen-bond acceptors (Lipinski definition) is 7. The highest BCUT2D eigenvalue weighted by Gasteiger charge is 2.17. The number of aryl methyl sites for hydroxylation is 1. The van der Waals surface area contributed by atoms with Crippen molar-refractivity contribution in [3.63, 3.8) is 0 Å². The first-order chi connectivity index (χ1) is 17.4. The number of amides is 2. The minimum absolute atomic E-state index is 0.00696. The lowest BCUT2D eigenvalue weighted by Gasteiger charge is -2.12. The molecule has 184 valence electrons. The molecule has 36 heavy (non-hydrogen) atoms. The second-order valence-electron chi connectivity index (χ2n) is 7.76. The average Bonchev–Trinajstić information content (AvgIpc) is 3.30. The number of nitro benzene ring substituents is 1. The standard InChI is InChI=1S/C25H24N6O3S2/c1-17-5-3-4-6-18(17)16-36-25-29-28-23(30(25)20-9-11-21(12-10-20)31(33)34)15-26-24(32)27-19-7-13-22(35-2)14-8-19/h3-14H,15-16H2,1-2H3,(H2,26,27,32). The van der Waals surface area contributed by atoms with E-state index in [1.165, 1.54) is 35.0 Å². The van der Waals surface area contributed by atoms with Crippen molar-refractivity contribution in [1.29, 1.82) is 0 Å². The fraction of sp³-hybridized carbons (Fsp3) is 0.160. The largest absolute Gasteiger partial charge is 0.331 e. The Kier molecular flexibility index (Phi) is 8.24. The number of nitrogens with zero attached hydrogens (tertiary/aromatic N) is 4. The number of nitrogens with one attached hydrogen (secondary N) is 2. The highest BCUT2D eigenvalue weighted by atomic mass is 32.2. The third-order valence-electron chi connectivity index (χ3n) is 5.39. The monoisotopic (exact) mass is 520 g/mol. The van der Waals surface area contributed by atoms with Crippen molar-refractivity contribution in [2.24, 2.45) is 0 Å². The van der Waals surface area contributed by atoms with Crippen LogP contribution in [0.3, 0.4) is 0 Å². The fourth-order valence-electron chi connectivity index (χ4n) is 3.41. The van der Waals surface area contributed by atoms with E-state index in [4.69, 9.17) is 0 Å². The summed E-state index contributed by atoms with van der Waals surface area (Å²) in [6.45, 7) is 2.17. The van der Waals surface area contributed by atoms with Gasteiger partial charge in [-0.25, -0.2) is 4.79 Å². The van der Waals surface area contributed by atoms with E-state index in [2.05, 4.69) is 39.9 Å². The van der Waals surface area contributed by atoms with E-state index in [1.807, 2.05) is 42.7 Å². The Morgan fingerprint density at radius 2 is 1.75 bits per heavy atom. The van der Waals surface area contributed by atoms with Crippen LogP contribution in [-0.2, 0) is 12.3 Å². The van der Waals surface area contributed by atoms with E-state index in [9.17, 15) is 14.9 Å². The quantitative estimate of drug-likeness (QED) is 0.162. The molecule has 1 heterocycles. The van der Waals surface area contributed by atoms with E-state index in [0.717, 1.165) is 4.90 Å². The maximum Gasteiger partial charge on any atom is 0.319 e. The number of urea groups is 1. The van der Waals surface area contributed by atoms with Gasteiger partial charge in [0.2, 0.25) is 0 Å². The predicted molar refractivity (Wildman–Crippen MR) is 143 cm³/mol. The van der Waals surface area contributed by atoms with Gasteiger partial charge in [-0.2, -0.15) is 0 Å². The van der Waals surface area contributed by atoms with Gasteiger partial charge in [-0.05, 0) is 60.7 Å². The first kappa shape index (κ1) is 25.3. The first-order valence-corrected chi connectivity index (χ1v) is 13.2. The van der Waals surface area contributed by atoms with E-state index in [-0.39, 0.29) is 18.3 Å².